The van der Waals surface area contributed by atoms with E-state index in [1.165, 1.54) is 0 Å². The highest BCUT2D eigenvalue weighted by atomic mass is 16.3. The van der Waals surface area contributed by atoms with Gasteiger partial charge in [-0.15, -0.1) is 0 Å². The van der Waals surface area contributed by atoms with Crippen LogP contribution in [0.5, 0.6) is 0 Å². The maximum absolute atomic E-state index is 12.2. The third-order valence-corrected chi connectivity index (χ3v) is 4.55. The van der Waals surface area contributed by atoms with Crippen molar-refractivity contribution in [1.82, 2.24) is 10.2 Å². The average molecular weight is 279 g/mol. The van der Waals surface area contributed by atoms with Crippen LogP contribution in [-0.4, -0.2) is 46.2 Å². The molecule has 1 amide bonds. The van der Waals surface area contributed by atoms with E-state index in [1.807, 2.05) is 4.90 Å². The lowest BCUT2D eigenvalue weighted by Gasteiger charge is -2.34. The molecule has 5 nitrogen and oxygen atoms in total. The van der Waals surface area contributed by atoms with Crippen LogP contribution in [0, 0.1) is 17.2 Å². The second kappa shape index (κ2) is 5.34. The lowest BCUT2D eigenvalue weighted by molar-refractivity contribution is -0.125. The van der Waals surface area contributed by atoms with Crippen LogP contribution in [0.3, 0.4) is 0 Å². The first-order chi connectivity index (χ1) is 9.26. The van der Waals surface area contributed by atoms with Gasteiger partial charge in [-0.05, 0) is 58.9 Å². The van der Waals surface area contributed by atoms with Crippen molar-refractivity contribution in [3.63, 3.8) is 0 Å². The highest BCUT2D eigenvalue weighted by Gasteiger charge is 2.44. The Balaban J connectivity index is 1.93. The van der Waals surface area contributed by atoms with Crippen molar-refractivity contribution in [2.75, 3.05) is 13.1 Å². The first kappa shape index (κ1) is 15.3. The molecule has 2 atom stereocenters. The Morgan fingerprint density at radius 2 is 2.05 bits per heavy atom. The number of hydrogen-bond donors (Lipinski definition) is 2. The van der Waals surface area contributed by atoms with Gasteiger partial charge in [-0.3, -0.25) is 9.69 Å². The van der Waals surface area contributed by atoms with Gasteiger partial charge in [0.15, 0.2) is 0 Å². The molecule has 1 saturated carbocycles. The van der Waals surface area contributed by atoms with Crippen LogP contribution in [0.15, 0.2) is 0 Å². The number of carbonyl (C=O) groups excluding carboxylic acids is 1. The molecule has 112 valence electrons. The molecule has 0 aromatic heterocycles. The molecule has 0 aromatic carbocycles. The molecular weight excluding hydrogens is 254 g/mol. The van der Waals surface area contributed by atoms with Crippen molar-refractivity contribution < 1.29 is 9.90 Å². The van der Waals surface area contributed by atoms with Crippen molar-refractivity contribution in [3.8, 4) is 6.07 Å². The van der Waals surface area contributed by atoms with Crippen molar-refractivity contribution in [2.24, 2.45) is 5.92 Å². The minimum atomic E-state index is -0.800. The van der Waals surface area contributed by atoms with Crippen molar-refractivity contribution in [3.05, 3.63) is 0 Å². The van der Waals surface area contributed by atoms with Crippen LogP contribution < -0.4 is 5.32 Å². The third-order valence-electron chi connectivity index (χ3n) is 4.55. The molecule has 1 aliphatic heterocycles. The standard InChI is InChI=1S/C15H25N3O2/c1-14(2,20)12-5-4-8-18(12)9-13(19)17-15(3,10-16)11-6-7-11/h11-12,20H,4-9H2,1-3H3,(H,17,19). The number of amides is 1. The van der Waals surface area contributed by atoms with Crippen LogP contribution in [0.2, 0.25) is 0 Å². The van der Waals surface area contributed by atoms with E-state index in [4.69, 9.17) is 0 Å². The van der Waals surface area contributed by atoms with Gasteiger partial charge in [0.2, 0.25) is 5.91 Å². The number of aliphatic hydroxyl groups is 1. The van der Waals surface area contributed by atoms with E-state index in [1.54, 1.807) is 20.8 Å². The molecule has 1 saturated heterocycles. The van der Waals surface area contributed by atoms with E-state index in [9.17, 15) is 15.2 Å². The molecule has 20 heavy (non-hydrogen) atoms. The van der Waals surface area contributed by atoms with Crippen LogP contribution >= 0.6 is 0 Å². The summed E-state index contributed by atoms with van der Waals surface area (Å²) in [6.45, 7) is 6.47. The highest BCUT2D eigenvalue weighted by molar-refractivity contribution is 5.79. The van der Waals surface area contributed by atoms with Gasteiger partial charge < -0.3 is 10.4 Å². The Morgan fingerprint density at radius 1 is 1.40 bits per heavy atom. The molecule has 2 fully saturated rings. The predicted molar refractivity (Wildman–Crippen MR) is 75.8 cm³/mol. The number of nitrogens with zero attached hydrogens (tertiary/aromatic N) is 2. The van der Waals surface area contributed by atoms with Crippen LogP contribution in [0.1, 0.15) is 46.5 Å². The fourth-order valence-electron chi connectivity index (χ4n) is 3.21. The Morgan fingerprint density at radius 3 is 2.55 bits per heavy atom. The van der Waals surface area contributed by atoms with Gasteiger partial charge in [-0.25, -0.2) is 0 Å². The van der Waals surface area contributed by atoms with E-state index >= 15 is 0 Å². The molecular formula is C15H25N3O2. The Bertz CT molecular complexity index is 420. The number of hydrogen-bond acceptors (Lipinski definition) is 4. The molecule has 5 heteroatoms. The lowest BCUT2D eigenvalue weighted by Crippen LogP contribution is -2.53. The summed E-state index contributed by atoms with van der Waals surface area (Å²) in [5, 5.41) is 22.3. The zero-order chi connectivity index (χ0) is 15.0. The summed E-state index contributed by atoms with van der Waals surface area (Å²) in [4.78, 5) is 14.2. The van der Waals surface area contributed by atoms with E-state index in [-0.39, 0.29) is 18.5 Å². The average Bonchev–Trinajstić information content (AvgIpc) is 3.09. The molecule has 1 heterocycles. The summed E-state index contributed by atoms with van der Waals surface area (Å²) < 4.78 is 0. The van der Waals surface area contributed by atoms with Crippen molar-refractivity contribution in [2.45, 2.75) is 63.6 Å². The maximum Gasteiger partial charge on any atom is 0.235 e. The molecule has 1 aliphatic carbocycles. The quantitative estimate of drug-likeness (QED) is 0.788. The van der Waals surface area contributed by atoms with E-state index in [0.29, 0.717) is 5.92 Å². The summed E-state index contributed by atoms with van der Waals surface area (Å²) >= 11 is 0. The van der Waals surface area contributed by atoms with Crippen LogP contribution in [0.4, 0.5) is 0 Å². The van der Waals surface area contributed by atoms with Crippen LogP contribution in [0.25, 0.3) is 0 Å². The van der Waals surface area contributed by atoms with Gasteiger partial charge >= 0.3 is 0 Å². The zero-order valence-electron chi connectivity index (χ0n) is 12.6. The van der Waals surface area contributed by atoms with Crippen LogP contribution in [-0.2, 0) is 4.79 Å². The first-order valence-corrected chi connectivity index (χ1v) is 7.45. The SMILES string of the molecule is CC(C)(O)C1CCCN1CC(=O)NC(C)(C#N)C1CC1. The fourth-order valence-corrected chi connectivity index (χ4v) is 3.21. The Labute approximate surface area is 120 Å². The molecule has 0 radical (unpaired) electrons. The normalized spacial score (nSPS) is 26.9. The van der Waals surface area contributed by atoms with Crippen molar-refractivity contribution >= 4 is 5.91 Å². The first-order valence-electron chi connectivity index (χ1n) is 7.45. The topological polar surface area (TPSA) is 76.4 Å². The molecule has 0 spiro atoms. The second-order valence-corrected chi connectivity index (χ2v) is 6.92. The zero-order valence-corrected chi connectivity index (χ0v) is 12.6. The summed E-state index contributed by atoms with van der Waals surface area (Å²) in [6.07, 6.45) is 3.94. The van der Waals surface area contributed by atoms with Crippen molar-refractivity contribution in [1.29, 1.82) is 5.26 Å². The predicted octanol–water partition coefficient (Wildman–Crippen LogP) is 1.03. The molecule has 2 N–H and O–H groups in total. The maximum atomic E-state index is 12.2. The number of nitriles is 1. The van der Waals surface area contributed by atoms with Gasteiger partial charge in [0.25, 0.3) is 0 Å². The molecule has 0 aromatic rings. The Hall–Kier alpha value is -1.12. The van der Waals surface area contributed by atoms with Gasteiger partial charge in [0, 0.05) is 6.04 Å². The van der Waals surface area contributed by atoms with E-state index in [0.717, 1.165) is 32.2 Å². The summed E-state index contributed by atoms with van der Waals surface area (Å²) in [6, 6.07) is 2.25. The number of nitrogens with one attached hydrogen (secondary N) is 1. The number of carbonyl (C=O) groups is 1. The van der Waals surface area contributed by atoms with Gasteiger partial charge in [-0.2, -0.15) is 5.26 Å². The minimum absolute atomic E-state index is 0.0162. The Kier molecular flexibility index (Phi) is 4.08. The summed E-state index contributed by atoms with van der Waals surface area (Å²) in [7, 11) is 0. The number of likely N-dealkylation sites (tertiary alicyclic amines) is 1. The second-order valence-electron chi connectivity index (χ2n) is 6.92. The van der Waals surface area contributed by atoms with E-state index in [2.05, 4.69) is 11.4 Å². The largest absolute Gasteiger partial charge is 0.389 e. The van der Waals surface area contributed by atoms with E-state index < -0.39 is 11.1 Å². The molecule has 2 aliphatic rings. The fraction of sp³-hybridized carbons (Fsp3) is 0.867. The monoisotopic (exact) mass is 279 g/mol. The minimum Gasteiger partial charge on any atom is -0.389 e. The molecule has 0 bridgehead atoms. The smallest absolute Gasteiger partial charge is 0.235 e. The summed E-state index contributed by atoms with van der Waals surface area (Å²) in [5.41, 5.74) is -1.53. The summed E-state index contributed by atoms with van der Waals surface area (Å²) in [5.74, 6) is 0.178. The van der Waals surface area contributed by atoms with Gasteiger partial charge in [0.1, 0.15) is 5.54 Å². The molecule has 2 unspecified atom stereocenters. The third kappa shape index (κ3) is 3.31. The van der Waals surface area contributed by atoms with Gasteiger partial charge in [-0.1, -0.05) is 0 Å². The lowest BCUT2D eigenvalue weighted by atomic mass is 9.96. The molecule has 2 rings (SSSR count). The van der Waals surface area contributed by atoms with Gasteiger partial charge in [0.05, 0.1) is 18.2 Å². The number of rotatable bonds is 5. The highest BCUT2D eigenvalue weighted by Crippen LogP contribution is 2.39.